The molecule has 5 nitrogen and oxygen atoms in total. The van der Waals surface area contributed by atoms with E-state index in [0.29, 0.717) is 42.6 Å². The third-order valence-electron chi connectivity index (χ3n) is 4.89. The Bertz CT molecular complexity index is 1070. The highest BCUT2D eigenvalue weighted by molar-refractivity contribution is 6.08. The number of rotatable bonds is 7. The van der Waals surface area contributed by atoms with Crippen LogP contribution in [0.15, 0.2) is 72.8 Å². The quantitative estimate of drug-likeness (QED) is 0.385. The Labute approximate surface area is 181 Å². The molecule has 158 valence electrons. The molecule has 0 unspecified atom stereocenters. The highest BCUT2D eigenvalue weighted by Crippen LogP contribution is 2.31. The fourth-order valence-electron chi connectivity index (χ4n) is 3.23. The second-order valence-electron chi connectivity index (χ2n) is 7.09. The van der Waals surface area contributed by atoms with Crippen LogP contribution in [0.4, 0.5) is 0 Å². The Morgan fingerprint density at radius 2 is 1.77 bits per heavy atom. The van der Waals surface area contributed by atoms with Crippen LogP contribution in [-0.2, 0) is 6.61 Å². The van der Waals surface area contributed by atoms with Crippen LogP contribution >= 0.6 is 0 Å². The van der Waals surface area contributed by atoms with Crippen molar-refractivity contribution in [3.8, 4) is 23.0 Å². The molecule has 0 amide bonds. The van der Waals surface area contributed by atoms with Crippen molar-refractivity contribution in [2.45, 2.75) is 13.0 Å². The summed E-state index contributed by atoms with van der Waals surface area (Å²) in [5, 5.41) is 0. The topological polar surface area (TPSA) is 54.0 Å². The maximum atomic E-state index is 12.9. The van der Waals surface area contributed by atoms with Gasteiger partial charge in [0.05, 0.1) is 25.9 Å². The lowest BCUT2D eigenvalue weighted by Gasteiger charge is -2.12. The number of methoxy groups -OCH3 is 1. The van der Waals surface area contributed by atoms with Crippen molar-refractivity contribution in [2.24, 2.45) is 0 Å². The molecule has 0 fully saturated rings. The Morgan fingerprint density at radius 3 is 2.58 bits per heavy atom. The molecule has 31 heavy (non-hydrogen) atoms. The van der Waals surface area contributed by atoms with Gasteiger partial charge in [0.15, 0.2) is 17.3 Å². The predicted molar refractivity (Wildman–Crippen MR) is 119 cm³/mol. The number of allylic oxidation sites excluding steroid dienone is 1. The first-order chi connectivity index (χ1) is 15.2. The number of carbonyl (C=O) groups is 1. The van der Waals surface area contributed by atoms with E-state index >= 15 is 0 Å². The van der Waals surface area contributed by atoms with E-state index in [1.807, 2.05) is 48.5 Å². The smallest absolute Gasteiger partial charge is 0.189 e. The summed E-state index contributed by atoms with van der Waals surface area (Å²) in [5.74, 6) is 2.39. The second-order valence-corrected chi connectivity index (χ2v) is 7.09. The van der Waals surface area contributed by atoms with Crippen molar-refractivity contribution in [2.75, 3.05) is 20.3 Å². The summed E-state index contributed by atoms with van der Waals surface area (Å²) in [6.07, 6.45) is 4.15. The summed E-state index contributed by atoms with van der Waals surface area (Å²) in [7, 11) is 1.59. The minimum atomic E-state index is -0.155. The number of fused-ring (bicyclic) bond motifs is 1. The van der Waals surface area contributed by atoms with Gasteiger partial charge >= 0.3 is 0 Å². The maximum absolute atomic E-state index is 12.9. The van der Waals surface area contributed by atoms with Crippen LogP contribution in [0.1, 0.15) is 27.9 Å². The molecule has 0 radical (unpaired) electrons. The Kier molecular flexibility index (Phi) is 6.53. The van der Waals surface area contributed by atoms with Crippen LogP contribution < -0.4 is 18.9 Å². The van der Waals surface area contributed by atoms with E-state index in [1.165, 1.54) is 6.08 Å². The molecule has 5 heteroatoms. The lowest BCUT2D eigenvalue weighted by molar-refractivity contribution is 0.104. The van der Waals surface area contributed by atoms with E-state index in [9.17, 15) is 4.79 Å². The lowest BCUT2D eigenvalue weighted by atomic mass is 10.1. The number of benzene rings is 3. The van der Waals surface area contributed by atoms with Gasteiger partial charge in [0.2, 0.25) is 0 Å². The third-order valence-corrected chi connectivity index (χ3v) is 4.89. The summed E-state index contributed by atoms with van der Waals surface area (Å²) in [6, 6.07) is 20.7. The molecule has 1 aliphatic heterocycles. The number of ketones is 1. The van der Waals surface area contributed by atoms with Crippen LogP contribution in [-0.4, -0.2) is 26.1 Å². The summed E-state index contributed by atoms with van der Waals surface area (Å²) >= 11 is 0. The van der Waals surface area contributed by atoms with Crippen molar-refractivity contribution in [3.63, 3.8) is 0 Å². The first-order valence-electron chi connectivity index (χ1n) is 10.2. The standard InChI is InChI=1S/C26H24O5/c1-28-21-10-11-22(25(17-21)31-18-20-6-3-2-4-7-20)23(27)12-8-19-9-13-24-26(16-19)30-15-5-14-29-24/h2-4,6-13,16-17H,5,14-15,18H2,1H3. The zero-order chi connectivity index (χ0) is 21.5. The van der Waals surface area contributed by atoms with Gasteiger partial charge in [0.1, 0.15) is 18.1 Å². The highest BCUT2D eigenvalue weighted by atomic mass is 16.5. The van der Waals surface area contributed by atoms with Crippen LogP contribution in [0.25, 0.3) is 6.08 Å². The van der Waals surface area contributed by atoms with Crippen LogP contribution in [0.3, 0.4) is 0 Å². The number of ether oxygens (including phenoxy) is 4. The van der Waals surface area contributed by atoms with Crippen molar-refractivity contribution in [1.29, 1.82) is 0 Å². The molecule has 3 aromatic carbocycles. The molecule has 1 heterocycles. The van der Waals surface area contributed by atoms with Gasteiger partial charge in [-0.3, -0.25) is 4.79 Å². The largest absolute Gasteiger partial charge is 0.497 e. The molecule has 0 atom stereocenters. The summed E-state index contributed by atoms with van der Waals surface area (Å²) in [4.78, 5) is 12.9. The average Bonchev–Trinajstić information content (AvgIpc) is 3.06. The monoisotopic (exact) mass is 416 g/mol. The molecular formula is C26H24O5. The fourth-order valence-corrected chi connectivity index (χ4v) is 3.23. The molecule has 1 aliphatic rings. The SMILES string of the molecule is COc1ccc(C(=O)C=Cc2ccc3c(c2)OCCCO3)c(OCc2ccccc2)c1. The number of hydrogen-bond donors (Lipinski definition) is 0. The van der Waals surface area contributed by atoms with Crippen LogP contribution in [0.5, 0.6) is 23.0 Å². The third kappa shape index (κ3) is 5.25. The lowest BCUT2D eigenvalue weighted by Crippen LogP contribution is -2.03. The van der Waals surface area contributed by atoms with Gasteiger partial charge in [0.25, 0.3) is 0 Å². The highest BCUT2D eigenvalue weighted by Gasteiger charge is 2.13. The Hall–Kier alpha value is -3.73. The van der Waals surface area contributed by atoms with Crippen LogP contribution in [0, 0.1) is 0 Å². The van der Waals surface area contributed by atoms with E-state index in [4.69, 9.17) is 18.9 Å². The fraction of sp³-hybridized carbons (Fsp3) is 0.192. The van der Waals surface area contributed by atoms with E-state index in [0.717, 1.165) is 23.3 Å². The first-order valence-corrected chi connectivity index (χ1v) is 10.2. The maximum Gasteiger partial charge on any atom is 0.189 e. The predicted octanol–water partition coefficient (Wildman–Crippen LogP) is 5.33. The normalized spacial score (nSPS) is 12.9. The summed E-state index contributed by atoms with van der Waals surface area (Å²) in [5.41, 5.74) is 2.35. The molecule has 0 saturated carbocycles. The van der Waals surface area contributed by atoms with Crippen molar-refractivity contribution in [1.82, 2.24) is 0 Å². The van der Waals surface area contributed by atoms with Gasteiger partial charge in [-0.15, -0.1) is 0 Å². The molecule has 0 N–H and O–H groups in total. The number of carbonyl (C=O) groups excluding carboxylic acids is 1. The van der Waals surface area contributed by atoms with Gasteiger partial charge in [0, 0.05) is 12.5 Å². The zero-order valence-electron chi connectivity index (χ0n) is 17.4. The molecule has 0 saturated heterocycles. The second kappa shape index (κ2) is 9.85. The summed E-state index contributed by atoms with van der Waals surface area (Å²) in [6.45, 7) is 1.62. The van der Waals surface area contributed by atoms with Crippen molar-refractivity contribution >= 4 is 11.9 Å². The van der Waals surface area contributed by atoms with E-state index in [-0.39, 0.29) is 5.78 Å². The van der Waals surface area contributed by atoms with Crippen molar-refractivity contribution in [3.05, 3.63) is 89.5 Å². The molecule has 0 bridgehead atoms. The van der Waals surface area contributed by atoms with E-state index < -0.39 is 0 Å². The minimum absolute atomic E-state index is 0.155. The van der Waals surface area contributed by atoms with Gasteiger partial charge in [-0.25, -0.2) is 0 Å². The van der Waals surface area contributed by atoms with Gasteiger partial charge in [-0.1, -0.05) is 42.5 Å². The molecular weight excluding hydrogens is 392 g/mol. The molecule has 0 spiro atoms. The first kappa shape index (κ1) is 20.5. The van der Waals surface area contributed by atoms with Gasteiger partial charge in [-0.05, 0) is 41.5 Å². The Balaban J connectivity index is 1.53. The minimum Gasteiger partial charge on any atom is -0.497 e. The summed E-state index contributed by atoms with van der Waals surface area (Å²) < 4.78 is 22.6. The zero-order valence-corrected chi connectivity index (χ0v) is 17.4. The number of hydrogen-bond acceptors (Lipinski definition) is 5. The molecule has 0 aliphatic carbocycles. The van der Waals surface area contributed by atoms with Gasteiger partial charge < -0.3 is 18.9 Å². The van der Waals surface area contributed by atoms with E-state index in [2.05, 4.69) is 0 Å². The van der Waals surface area contributed by atoms with Gasteiger partial charge in [-0.2, -0.15) is 0 Å². The van der Waals surface area contributed by atoms with Crippen LogP contribution in [0.2, 0.25) is 0 Å². The van der Waals surface area contributed by atoms with E-state index in [1.54, 1.807) is 31.4 Å². The van der Waals surface area contributed by atoms with Crippen molar-refractivity contribution < 1.29 is 23.7 Å². The molecule has 3 aromatic rings. The molecule has 4 rings (SSSR count). The average molecular weight is 416 g/mol. The molecule has 0 aromatic heterocycles. The Morgan fingerprint density at radius 1 is 0.968 bits per heavy atom.